The fraction of sp³-hybridized carbons (Fsp3) is 0.390. The Morgan fingerprint density at radius 1 is 0.966 bits per heavy atom. The van der Waals surface area contributed by atoms with Crippen LogP contribution in [0.3, 0.4) is 0 Å². The van der Waals surface area contributed by atoms with Crippen LogP contribution < -0.4 is 26.6 Å². The Bertz CT molecular complexity index is 2590. The molecule has 58 heavy (non-hydrogen) atoms. The number of nitrogens with one attached hydrogen (secondary N) is 2. The van der Waals surface area contributed by atoms with Gasteiger partial charge >= 0.3 is 11.7 Å². The van der Waals surface area contributed by atoms with Crippen LogP contribution in [0.25, 0.3) is 33.3 Å². The number of aromatic nitrogens is 4. The summed E-state index contributed by atoms with van der Waals surface area (Å²) in [5.41, 5.74) is 2.59. The highest BCUT2D eigenvalue weighted by Gasteiger charge is 2.46. The number of urea groups is 1. The molecule has 1 spiro atoms. The molecule has 5 heterocycles. The summed E-state index contributed by atoms with van der Waals surface area (Å²) in [5.74, 6) is 0.349. The molecule has 8 rings (SSSR count). The molecule has 304 valence electrons. The summed E-state index contributed by atoms with van der Waals surface area (Å²) >= 11 is 14.2. The minimum Gasteiger partial charge on any atom is -0.481 e. The van der Waals surface area contributed by atoms with Gasteiger partial charge < -0.3 is 25.0 Å². The van der Waals surface area contributed by atoms with E-state index in [1.165, 1.54) is 14.1 Å². The van der Waals surface area contributed by atoms with Gasteiger partial charge in [-0.3, -0.25) is 18.8 Å². The van der Waals surface area contributed by atoms with Gasteiger partial charge in [-0.25, -0.2) is 28.3 Å². The van der Waals surface area contributed by atoms with Crippen LogP contribution in [0.1, 0.15) is 48.6 Å². The van der Waals surface area contributed by atoms with E-state index in [4.69, 9.17) is 37.7 Å². The Morgan fingerprint density at radius 3 is 2.41 bits per heavy atom. The number of alkyl halides is 2. The van der Waals surface area contributed by atoms with Gasteiger partial charge in [0.15, 0.2) is 0 Å². The van der Waals surface area contributed by atoms with Crippen molar-refractivity contribution in [2.75, 3.05) is 52.3 Å². The second-order valence-electron chi connectivity index (χ2n) is 15.1. The first-order valence-corrected chi connectivity index (χ1v) is 19.7. The van der Waals surface area contributed by atoms with Crippen LogP contribution in [0.5, 0.6) is 5.88 Å². The van der Waals surface area contributed by atoms with E-state index in [0.29, 0.717) is 53.0 Å². The number of ether oxygens (including phenoxy) is 2. The van der Waals surface area contributed by atoms with Crippen LogP contribution >= 0.6 is 23.2 Å². The van der Waals surface area contributed by atoms with Crippen molar-refractivity contribution in [1.82, 2.24) is 34.2 Å². The van der Waals surface area contributed by atoms with Crippen LogP contribution in [0.2, 0.25) is 10.0 Å². The zero-order valence-electron chi connectivity index (χ0n) is 32.4. The predicted molar refractivity (Wildman–Crippen MR) is 219 cm³/mol. The van der Waals surface area contributed by atoms with Crippen LogP contribution in [0, 0.1) is 0 Å². The van der Waals surface area contributed by atoms with Crippen molar-refractivity contribution in [1.29, 1.82) is 0 Å². The van der Waals surface area contributed by atoms with Gasteiger partial charge in [0.25, 0.3) is 12.0 Å². The van der Waals surface area contributed by atoms with Gasteiger partial charge in [-0.15, -0.1) is 0 Å². The van der Waals surface area contributed by atoms with Gasteiger partial charge in [0.2, 0.25) is 5.88 Å². The molecule has 2 N–H and O–H groups in total. The van der Waals surface area contributed by atoms with Gasteiger partial charge in [-0.1, -0.05) is 53.5 Å². The third-order valence-electron chi connectivity index (χ3n) is 11.7. The van der Waals surface area contributed by atoms with E-state index < -0.39 is 23.4 Å². The molecule has 1 aliphatic carbocycles. The number of aryl methyl sites for hydroxylation is 2. The third-order valence-corrected chi connectivity index (χ3v) is 12.6. The van der Waals surface area contributed by atoms with E-state index in [-0.39, 0.29) is 45.0 Å². The maximum atomic E-state index is 14.0. The van der Waals surface area contributed by atoms with Crippen molar-refractivity contribution >= 4 is 51.6 Å². The van der Waals surface area contributed by atoms with Gasteiger partial charge in [-0.05, 0) is 49.4 Å². The SMILES string of the molecule is COCCN1CC[C@@]2(CCN([C@@H]3CCc4cc(-c5cccc(-c6cccc(Nc7nc(C(F)F)cc8c7c(=O)n(C)c(=O)n8C)c6Cl)c5Cl)nc(OC)c43)C2)NC1=O. The molecule has 2 aromatic carbocycles. The van der Waals surface area contributed by atoms with Gasteiger partial charge in [-0.2, -0.15) is 0 Å². The highest BCUT2D eigenvalue weighted by atomic mass is 35.5. The third kappa shape index (κ3) is 6.87. The summed E-state index contributed by atoms with van der Waals surface area (Å²) < 4.78 is 41.2. The highest BCUT2D eigenvalue weighted by molar-refractivity contribution is 6.39. The molecule has 2 atom stereocenters. The maximum Gasteiger partial charge on any atom is 0.330 e. The number of methoxy groups -OCH3 is 2. The number of benzene rings is 2. The second-order valence-corrected chi connectivity index (χ2v) is 15.8. The zero-order valence-corrected chi connectivity index (χ0v) is 33.9. The number of carbonyl (C=O) groups excluding carboxylic acids is 1. The van der Waals surface area contributed by atoms with Crippen LogP contribution in [0.4, 0.5) is 25.1 Å². The van der Waals surface area contributed by atoms with Crippen molar-refractivity contribution in [3.8, 4) is 28.3 Å². The van der Waals surface area contributed by atoms with Crippen molar-refractivity contribution in [2.45, 2.75) is 43.7 Å². The van der Waals surface area contributed by atoms with Crippen LogP contribution in [0.15, 0.2) is 58.1 Å². The van der Waals surface area contributed by atoms with Crippen molar-refractivity contribution in [2.24, 2.45) is 14.1 Å². The first-order chi connectivity index (χ1) is 27.8. The zero-order chi connectivity index (χ0) is 41.0. The standard InChI is InChI=1S/C41H42Cl2F2N8O5/c1-50-30-20-28(35(44)45)47-36(32(30)38(54)51(2)40(50)56)46-26-10-6-8-24(34(26)43)23-7-5-9-25(33(23)42)27-19-22-11-12-29(31(22)37(48-27)58-4)53-16-14-41(21-53)13-15-52(17-18-57-3)39(55)49-41/h5-10,19-20,29,35H,11-18,21H2,1-4H3,(H,46,47)(H,49,55)/t29-,41+/m1/s1. The van der Waals surface area contributed by atoms with Crippen molar-refractivity contribution in [3.05, 3.63) is 96.2 Å². The van der Waals surface area contributed by atoms with Crippen LogP contribution in [-0.4, -0.2) is 87.5 Å². The molecule has 3 aliphatic rings. The fourth-order valence-electron chi connectivity index (χ4n) is 8.66. The highest BCUT2D eigenvalue weighted by Crippen LogP contribution is 2.47. The number of halogens is 4. The minimum atomic E-state index is -2.97. The lowest BCUT2D eigenvalue weighted by atomic mass is 9.92. The van der Waals surface area contributed by atoms with Crippen molar-refractivity contribution < 1.29 is 23.0 Å². The summed E-state index contributed by atoms with van der Waals surface area (Å²) in [6.07, 6.45) is 0.466. The predicted octanol–water partition coefficient (Wildman–Crippen LogP) is 6.85. The molecule has 2 amide bonds. The smallest absolute Gasteiger partial charge is 0.330 e. The van der Waals surface area contributed by atoms with E-state index in [0.717, 1.165) is 65.1 Å². The first-order valence-electron chi connectivity index (χ1n) is 19.0. The molecule has 3 aromatic heterocycles. The molecule has 2 fully saturated rings. The Labute approximate surface area is 342 Å². The van der Waals surface area contributed by atoms with E-state index in [2.05, 4.69) is 26.6 Å². The lowest BCUT2D eigenvalue weighted by molar-refractivity contribution is 0.114. The number of anilines is 2. The largest absolute Gasteiger partial charge is 0.481 e. The number of hydrogen-bond donors (Lipinski definition) is 2. The fourth-order valence-corrected chi connectivity index (χ4v) is 9.26. The lowest BCUT2D eigenvalue weighted by Gasteiger charge is -2.40. The molecule has 5 aromatic rings. The summed E-state index contributed by atoms with van der Waals surface area (Å²) in [7, 11) is 5.95. The number of amides is 2. The minimum absolute atomic E-state index is 0.0000534. The first kappa shape index (κ1) is 39.7. The number of rotatable bonds is 10. The van der Waals surface area contributed by atoms with Gasteiger partial charge in [0, 0.05) is 75.7 Å². The number of likely N-dealkylation sites (tertiary alicyclic amines) is 1. The molecular weight excluding hydrogens is 793 g/mol. The molecular formula is C41H42Cl2F2N8O5. The molecule has 2 saturated heterocycles. The summed E-state index contributed by atoms with van der Waals surface area (Å²) in [6.45, 7) is 3.35. The maximum absolute atomic E-state index is 14.0. The number of pyridine rings is 2. The molecule has 0 bridgehead atoms. The van der Waals surface area contributed by atoms with Crippen LogP contribution in [-0.2, 0) is 25.3 Å². The number of carbonyl (C=O) groups is 1. The van der Waals surface area contributed by atoms with Crippen molar-refractivity contribution in [3.63, 3.8) is 0 Å². The second kappa shape index (κ2) is 15.6. The van der Waals surface area contributed by atoms with Gasteiger partial charge in [0.1, 0.15) is 16.9 Å². The Balaban J connectivity index is 1.09. The topological polar surface area (TPSA) is 136 Å². The molecule has 2 aliphatic heterocycles. The normalized spacial score (nSPS) is 19.4. The average Bonchev–Trinajstić information content (AvgIpc) is 3.83. The molecule has 0 saturated carbocycles. The van der Waals surface area contributed by atoms with E-state index >= 15 is 0 Å². The molecule has 0 radical (unpaired) electrons. The van der Waals surface area contributed by atoms with Gasteiger partial charge in [0.05, 0.1) is 46.2 Å². The summed E-state index contributed by atoms with van der Waals surface area (Å²) in [4.78, 5) is 52.2. The monoisotopic (exact) mass is 834 g/mol. The molecule has 13 nitrogen and oxygen atoms in total. The number of fused-ring (bicyclic) bond motifs is 2. The Hall–Kier alpha value is -5.09. The van der Waals surface area contributed by atoms with E-state index in [1.807, 2.05) is 23.1 Å². The quantitative estimate of drug-likeness (QED) is 0.155. The average molecular weight is 836 g/mol. The molecule has 17 heteroatoms. The Kier molecular flexibility index (Phi) is 10.7. The molecule has 0 unspecified atom stereocenters. The summed E-state index contributed by atoms with van der Waals surface area (Å²) in [5, 5.41) is 6.83. The lowest BCUT2D eigenvalue weighted by Crippen LogP contribution is -2.61. The number of nitrogens with zero attached hydrogens (tertiary/aromatic N) is 6. The summed E-state index contributed by atoms with van der Waals surface area (Å²) in [6, 6.07) is 13.8. The van der Waals surface area contributed by atoms with E-state index in [9.17, 15) is 23.2 Å². The Morgan fingerprint density at radius 2 is 1.69 bits per heavy atom. The van der Waals surface area contributed by atoms with E-state index in [1.54, 1.807) is 32.4 Å². The number of hydrogen-bond acceptors (Lipinski definition) is 9.